The molecule has 1 amide bonds. The number of carbonyl (C=O) groups excluding carboxylic acids is 1. The summed E-state index contributed by atoms with van der Waals surface area (Å²) in [6, 6.07) is 19.9. The molecule has 0 fully saturated rings. The first kappa shape index (κ1) is 25.0. The van der Waals surface area contributed by atoms with Crippen LogP contribution in [0.15, 0.2) is 95.4 Å². The normalized spacial score (nSPS) is 11.2. The Kier molecular flexibility index (Phi) is 8.45. The molecule has 0 bridgehead atoms. The van der Waals surface area contributed by atoms with Gasteiger partial charge in [0.25, 0.3) is 15.9 Å². The lowest BCUT2D eigenvalue weighted by Crippen LogP contribution is -2.40. The van der Waals surface area contributed by atoms with Crippen molar-refractivity contribution >= 4 is 39.4 Å². The summed E-state index contributed by atoms with van der Waals surface area (Å²) >= 11 is 6.13. The lowest BCUT2D eigenvalue weighted by molar-refractivity contribution is -0.119. The fraction of sp³-hybridized carbons (Fsp3) is 0.120. The Morgan fingerprint density at radius 3 is 2.62 bits per heavy atom. The summed E-state index contributed by atoms with van der Waals surface area (Å²) in [5.74, 6) is 0.0148. The van der Waals surface area contributed by atoms with E-state index in [9.17, 15) is 13.2 Å². The van der Waals surface area contributed by atoms with Crippen molar-refractivity contribution in [1.29, 1.82) is 0 Å². The first-order chi connectivity index (χ1) is 16.3. The van der Waals surface area contributed by atoms with E-state index < -0.39 is 22.5 Å². The third-order valence-corrected chi connectivity index (χ3v) is 6.70. The molecule has 0 spiro atoms. The van der Waals surface area contributed by atoms with Crippen LogP contribution in [0.25, 0.3) is 0 Å². The maximum Gasteiger partial charge on any atom is 0.264 e. The molecule has 0 aliphatic rings. The SMILES string of the molecule is C=CCOc1cccc(/C=N\NC(=O)CN(c2cc(Cl)ccc2C)S(=O)(=O)c2ccccc2)c1. The van der Waals surface area contributed by atoms with Gasteiger partial charge in [0.05, 0.1) is 16.8 Å². The fourth-order valence-electron chi connectivity index (χ4n) is 3.05. The zero-order chi connectivity index (χ0) is 24.6. The van der Waals surface area contributed by atoms with Crippen molar-refractivity contribution in [2.75, 3.05) is 17.5 Å². The highest BCUT2D eigenvalue weighted by molar-refractivity contribution is 7.92. The number of rotatable bonds is 10. The van der Waals surface area contributed by atoms with Crippen molar-refractivity contribution in [2.24, 2.45) is 5.10 Å². The van der Waals surface area contributed by atoms with E-state index in [1.54, 1.807) is 67.6 Å². The molecule has 0 aromatic heterocycles. The Labute approximate surface area is 204 Å². The predicted octanol–water partition coefficient (Wildman–Crippen LogP) is 4.56. The average Bonchev–Trinajstić information content (AvgIpc) is 2.83. The number of ether oxygens (including phenoxy) is 1. The van der Waals surface area contributed by atoms with Gasteiger partial charge in [0.15, 0.2) is 0 Å². The molecule has 0 heterocycles. The molecule has 0 aliphatic heterocycles. The number of nitrogens with zero attached hydrogens (tertiary/aromatic N) is 2. The fourth-order valence-corrected chi connectivity index (χ4v) is 4.72. The average molecular weight is 498 g/mol. The largest absolute Gasteiger partial charge is 0.490 e. The summed E-state index contributed by atoms with van der Waals surface area (Å²) in [6.07, 6.45) is 3.08. The molecule has 34 heavy (non-hydrogen) atoms. The van der Waals surface area contributed by atoms with Crippen LogP contribution in [0.5, 0.6) is 5.75 Å². The van der Waals surface area contributed by atoms with E-state index in [0.717, 1.165) is 4.31 Å². The first-order valence-electron chi connectivity index (χ1n) is 10.3. The van der Waals surface area contributed by atoms with Crippen LogP contribution in [0.4, 0.5) is 5.69 Å². The van der Waals surface area contributed by atoms with Crippen LogP contribution in [-0.4, -0.2) is 33.7 Å². The Balaban J connectivity index is 1.81. The number of hydrazone groups is 1. The molecular weight excluding hydrogens is 474 g/mol. The van der Waals surface area contributed by atoms with Gasteiger partial charge >= 0.3 is 0 Å². The van der Waals surface area contributed by atoms with Gasteiger partial charge in [-0.3, -0.25) is 9.10 Å². The monoisotopic (exact) mass is 497 g/mol. The predicted molar refractivity (Wildman–Crippen MR) is 135 cm³/mol. The third kappa shape index (κ3) is 6.46. The van der Waals surface area contributed by atoms with Gasteiger partial charge in [0.2, 0.25) is 0 Å². The molecule has 0 atom stereocenters. The van der Waals surface area contributed by atoms with E-state index in [-0.39, 0.29) is 4.90 Å². The molecular formula is C25H24ClN3O4S. The van der Waals surface area contributed by atoms with Crippen LogP contribution in [0.2, 0.25) is 5.02 Å². The van der Waals surface area contributed by atoms with E-state index in [4.69, 9.17) is 16.3 Å². The molecule has 0 unspecified atom stereocenters. The molecule has 3 aromatic carbocycles. The number of aryl methyl sites for hydroxylation is 1. The van der Waals surface area contributed by atoms with Crippen LogP contribution < -0.4 is 14.5 Å². The Morgan fingerprint density at radius 1 is 1.12 bits per heavy atom. The quantitative estimate of drug-likeness (QED) is 0.253. The number of sulfonamides is 1. The van der Waals surface area contributed by atoms with Gasteiger partial charge < -0.3 is 4.74 Å². The smallest absolute Gasteiger partial charge is 0.264 e. The zero-order valence-corrected chi connectivity index (χ0v) is 20.1. The number of hydrogen-bond acceptors (Lipinski definition) is 5. The van der Waals surface area contributed by atoms with Crippen LogP contribution in [-0.2, 0) is 14.8 Å². The summed E-state index contributed by atoms with van der Waals surface area (Å²) in [4.78, 5) is 12.8. The lowest BCUT2D eigenvalue weighted by atomic mass is 10.2. The second-order valence-electron chi connectivity index (χ2n) is 7.22. The molecule has 0 radical (unpaired) electrons. The van der Waals surface area contributed by atoms with E-state index in [1.807, 2.05) is 0 Å². The maximum absolute atomic E-state index is 13.4. The van der Waals surface area contributed by atoms with Crippen molar-refractivity contribution in [2.45, 2.75) is 11.8 Å². The maximum atomic E-state index is 13.4. The van der Waals surface area contributed by atoms with E-state index in [0.29, 0.717) is 34.2 Å². The van der Waals surface area contributed by atoms with Gasteiger partial charge in [-0.05, 0) is 54.4 Å². The van der Waals surface area contributed by atoms with Crippen LogP contribution in [0.1, 0.15) is 11.1 Å². The van der Waals surface area contributed by atoms with E-state index in [2.05, 4.69) is 17.1 Å². The molecule has 0 saturated heterocycles. The van der Waals surface area contributed by atoms with Gasteiger partial charge in [-0.1, -0.05) is 60.7 Å². The van der Waals surface area contributed by atoms with Gasteiger partial charge in [-0.25, -0.2) is 13.8 Å². The van der Waals surface area contributed by atoms with Crippen LogP contribution in [0, 0.1) is 6.92 Å². The number of carbonyl (C=O) groups is 1. The second kappa shape index (κ2) is 11.5. The number of benzene rings is 3. The van der Waals surface area contributed by atoms with E-state index >= 15 is 0 Å². The highest BCUT2D eigenvalue weighted by Crippen LogP contribution is 2.29. The summed E-state index contributed by atoms with van der Waals surface area (Å²) in [6.45, 7) is 5.23. The van der Waals surface area contributed by atoms with E-state index in [1.165, 1.54) is 24.4 Å². The minimum atomic E-state index is -4.04. The first-order valence-corrected chi connectivity index (χ1v) is 12.1. The van der Waals surface area contributed by atoms with Crippen molar-refractivity contribution in [3.8, 4) is 5.75 Å². The number of halogens is 1. The Bertz CT molecular complexity index is 1290. The standard InChI is InChI=1S/C25H24ClN3O4S/c1-3-14-33-22-9-7-8-20(15-22)17-27-28-25(30)18-29(24-16-21(26)13-12-19(24)2)34(31,32)23-10-5-4-6-11-23/h3-13,15-17H,1,14,18H2,2H3,(H,28,30)/b27-17-. The summed E-state index contributed by atoms with van der Waals surface area (Å²) < 4.78 is 33.3. The summed E-state index contributed by atoms with van der Waals surface area (Å²) in [7, 11) is -4.04. The second-order valence-corrected chi connectivity index (χ2v) is 9.52. The molecule has 3 aromatic rings. The Morgan fingerprint density at radius 2 is 1.88 bits per heavy atom. The number of amides is 1. The summed E-state index contributed by atoms with van der Waals surface area (Å²) in [5.41, 5.74) is 4.04. The number of anilines is 1. The van der Waals surface area contributed by atoms with Gasteiger partial charge in [-0.15, -0.1) is 0 Å². The molecule has 1 N–H and O–H groups in total. The lowest BCUT2D eigenvalue weighted by Gasteiger charge is -2.25. The topological polar surface area (TPSA) is 88.1 Å². The zero-order valence-electron chi connectivity index (χ0n) is 18.5. The van der Waals surface area contributed by atoms with Crippen molar-refractivity contribution in [3.63, 3.8) is 0 Å². The molecule has 7 nitrogen and oxygen atoms in total. The summed E-state index contributed by atoms with van der Waals surface area (Å²) in [5, 5.41) is 4.31. The minimum Gasteiger partial charge on any atom is -0.490 e. The van der Waals surface area contributed by atoms with Crippen molar-refractivity contribution in [3.05, 3.63) is 102 Å². The number of hydrogen-bond donors (Lipinski definition) is 1. The molecule has 0 aliphatic carbocycles. The van der Waals surface area contributed by atoms with Crippen LogP contribution in [0.3, 0.4) is 0 Å². The highest BCUT2D eigenvalue weighted by atomic mass is 35.5. The van der Waals surface area contributed by atoms with Gasteiger partial charge in [-0.2, -0.15) is 5.10 Å². The highest BCUT2D eigenvalue weighted by Gasteiger charge is 2.28. The molecule has 176 valence electrons. The third-order valence-electron chi connectivity index (χ3n) is 4.69. The minimum absolute atomic E-state index is 0.0574. The number of nitrogens with one attached hydrogen (secondary N) is 1. The molecule has 3 rings (SSSR count). The molecule has 9 heteroatoms. The van der Waals surface area contributed by atoms with Crippen LogP contribution >= 0.6 is 11.6 Å². The van der Waals surface area contributed by atoms with Crippen molar-refractivity contribution < 1.29 is 17.9 Å². The van der Waals surface area contributed by atoms with Gasteiger partial charge in [0.1, 0.15) is 18.9 Å². The van der Waals surface area contributed by atoms with Crippen molar-refractivity contribution in [1.82, 2.24) is 5.43 Å². The van der Waals surface area contributed by atoms with Gasteiger partial charge in [0, 0.05) is 5.02 Å². The Hall–Kier alpha value is -3.62. The molecule has 0 saturated carbocycles.